The molecule has 0 aliphatic heterocycles. The highest BCUT2D eigenvalue weighted by Crippen LogP contribution is 2.68. The van der Waals surface area contributed by atoms with Gasteiger partial charge in [-0.15, -0.1) is 0 Å². The molecule has 0 saturated carbocycles. The molecule has 5 heavy (non-hydrogen) atoms. The fourth-order valence-corrected chi connectivity index (χ4v) is 0. The van der Waals surface area contributed by atoms with Crippen LogP contribution in [0.25, 0.3) is 0 Å². The van der Waals surface area contributed by atoms with Crippen LogP contribution >= 0.6 is 65.2 Å². The zero-order valence-corrected chi connectivity index (χ0v) is 9.83. The van der Waals surface area contributed by atoms with Gasteiger partial charge >= 0.3 is 0 Å². The fraction of sp³-hybridized carbons (Fsp3) is 1.00. The molecule has 0 N–H and O–H groups in total. The molecule has 0 aromatic rings. The van der Waals surface area contributed by atoms with Crippen LogP contribution in [0.1, 0.15) is 0 Å². The second-order valence-electron chi connectivity index (χ2n) is 0.638. The highest BCUT2D eigenvalue weighted by atomic mass is 127. The molecule has 4 heteroatoms. The third-order valence-electron chi connectivity index (χ3n) is 0. The maximum absolute atomic E-state index is 2.43. The van der Waals surface area contributed by atoms with Gasteiger partial charge in [0.05, 0.1) is 0 Å². The summed E-state index contributed by atoms with van der Waals surface area (Å²) in [5.41, 5.74) is 0. The van der Waals surface area contributed by atoms with Crippen LogP contribution in [0.4, 0.5) is 0 Å². The molecule has 0 aromatic carbocycles. The quantitative estimate of drug-likeness (QED) is 0.519. The van der Waals surface area contributed by atoms with E-state index in [1.165, 1.54) is 0 Å². The van der Waals surface area contributed by atoms with Crippen molar-refractivity contribution in [3.8, 4) is 0 Å². The van der Waals surface area contributed by atoms with Crippen LogP contribution in [-0.4, -0.2) is 6.26 Å². The predicted molar refractivity (Wildman–Crippen MR) is 55.6 cm³/mol. The molecular formula is CH3I3S. The van der Waals surface area contributed by atoms with E-state index in [1.807, 2.05) is 0 Å². The Kier molecular flexibility index (Phi) is 4.15. The molecule has 0 rings (SSSR count). The Morgan fingerprint density at radius 1 is 1.20 bits per heavy atom. The van der Waals surface area contributed by atoms with Crippen molar-refractivity contribution in [3.63, 3.8) is 0 Å². The topological polar surface area (TPSA) is 0 Å². The van der Waals surface area contributed by atoms with Gasteiger partial charge in [-0.05, 0) is 69.9 Å². The molecule has 0 heterocycles. The van der Waals surface area contributed by atoms with Crippen molar-refractivity contribution >= 4 is 65.2 Å². The summed E-state index contributed by atoms with van der Waals surface area (Å²) in [6.45, 7) is 0. The Labute approximate surface area is 69.9 Å². The summed E-state index contributed by atoms with van der Waals surface area (Å²) in [6.07, 6.45) is 2.23. The minimum absolute atomic E-state index is 0.257. The van der Waals surface area contributed by atoms with Gasteiger partial charge in [0.1, 0.15) is 0 Å². The number of hydrogen-bond donors (Lipinski definition) is 0. The summed E-state index contributed by atoms with van der Waals surface area (Å²) in [5.74, 6) is 0. The van der Waals surface area contributed by atoms with Crippen LogP contribution in [0, 0.1) is 0 Å². The molecule has 0 bridgehead atoms. The van der Waals surface area contributed by atoms with E-state index in [1.54, 1.807) is 0 Å². The van der Waals surface area contributed by atoms with E-state index in [9.17, 15) is 0 Å². The van der Waals surface area contributed by atoms with Gasteiger partial charge in [-0.1, -0.05) is 1.54 Å². The van der Waals surface area contributed by atoms with Crippen molar-refractivity contribution in [2.24, 2.45) is 0 Å². The van der Waals surface area contributed by atoms with Crippen LogP contribution < -0.4 is 0 Å². The average Bonchev–Trinajstić information content (AvgIpc) is 0.722. The van der Waals surface area contributed by atoms with Crippen LogP contribution in [-0.2, 0) is 0 Å². The molecule has 0 aromatic heterocycles. The van der Waals surface area contributed by atoms with E-state index in [-0.39, 0.29) is 1.54 Å². The van der Waals surface area contributed by atoms with Crippen molar-refractivity contribution in [1.82, 2.24) is 0 Å². The summed E-state index contributed by atoms with van der Waals surface area (Å²) < 4.78 is -0.257. The number of rotatable bonds is 0. The van der Waals surface area contributed by atoms with Crippen LogP contribution in [0.15, 0.2) is 0 Å². The molecular weight excluding hydrogens is 425 g/mol. The molecule has 0 amide bonds. The molecule has 0 aliphatic carbocycles. The van der Waals surface area contributed by atoms with Gasteiger partial charge in [0.25, 0.3) is 0 Å². The lowest BCUT2D eigenvalue weighted by molar-refractivity contribution is 2.54. The Bertz CT molecular complexity index is 22.4. The van der Waals surface area contributed by atoms with Gasteiger partial charge in [0, 0.05) is 0 Å². The van der Waals surface area contributed by atoms with E-state index in [2.05, 4.69) is 69.9 Å². The van der Waals surface area contributed by atoms with Crippen molar-refractivity contribution in [3.05, 3.63) is 0 Å². The second kappa shape index (κ2) is 2.75. The Balaban J connectivity index is 3.02. The minimum Gasteiger partial charge on any atom is -0.0811 e. The van der Waals surface area contributed by atoms with E-state index < -0.39 is 0 Å². The molecule has 0 atom stereocenters. The predicted octanol–water partition coefficient (Wildman–Crippen LogP) is 3.47. The largest absolute Gasteiger partial charge is 0.0811 e. The molecule has 0 unspecified atom stereocenters. The van der Waals surface area contributed by atoms with Crippen LogP contribution in [0.2, 0.25) is 0 Å². The molecule has 0 saturated heterocycles. The van der Waals surface area contributed by atoms with Gasteiger partial charge in [-0.25, -0.2) is 0 Å². The van der Waals surface area contributed by atoms with Gasteiger partial charge in [0.15, 0.2) is 0 Å². The summed E-state index contributed by atoms with van der Waals surface area (Å²) >= 11 is 7.30. The molecule has 0 spiro atoms. The van der Waals surface area contributed by atoms with E-state index in [0.717, 1.165) is 0 Å². The first-order valence-electron chi connectivity index (χ1n) is 0.871. The third kappa shape index (κ3) is 20.9. The first-order chi connectivity index (χ1) is 2.00. The smallest absolute Gasteiger partial charge is 0.00518 e. The zero-order chi connectivity index (χ0) is 4.50. The molecule has 0 fully saturated rings. The van der Waals surface area contributed by atoms with Gasteiger partial charge in [-0.2, -0.15) is 0 Å². The highest BCUT2D eigenvalue weighted by Gasteiger charge is 1.96. The van der Waals surface area contributed by atoms with E-state index in [0.29, 0.717) is 0 Å². The van der Waals surface area contributed by atoms with Crippen molar-refractivity contribution < 1.29 is 0 Å². The molecule has 34 valence electrons. The van der Waals surface area contributed by atoms with Gasteiger partial charge < -0.3 is 0 Å². The summed E-state index contributed by atoms with van der Waals surface area (Å²) in [5, 5.41) is 0. The van der Waals surface area contributed by atoms with Crippen LogP contribution in [0.5, 0.6) is 0 Å². The summed E-state index contributed by atoms with van der Waals surface area (Å²) in [6, 6.07) is 0. The standard InChI is InChI=1S/CH3I3S/c1-5(2,3)4/h1H3. The minimum atomic E-state index is -0.257. The average molecular weight is 428 g/mol. The van der Waals surface area contributed by atoms with Gasteiger partial charge in [-0.3, -0.25) is 0 Å². The molecule has 0 aliphatic rings. The zero-order valence-electron chi connectivity index (χ0n) is 2.54. The Morgan fingerprint density at radius 3 is 1.20 bits per heavy atom. The summed E-state index contributed by atoms with van der Waals surface area (Å²) in [4.78, 5) is 0. The monoisotopic (exact) mass is 428 g/mol. The normalized spacial score (nSPS) is 15.2. The van der Waals surface area contributed by atoms with Crippen molar-refractivity contribution in [2.75, 3.05) is 6.26 Å². The lowest BCUT2D eigenvalue weighted by Gasteiger charge is -2.04. The van der Waals surface area contributed by atoms with E-state index in [4.69, 9.17) is 0 Å². The van der Waals surface area contributed by atoms with E-state index >= 15 is 0 Å². The highest BCUT2D eigenvalue weighted by molar-refractivity contribution is 14.5. The molecule has 0 nitrogen and oxygen atoms in total. The van der Waals surface area contributed by atoms with Crippen molar-refractivity contribution in [1.29, 1.82) is 0 Å². The maximum atomic E-state index is 2.43. The Hall–Kier alpha value is 2.54. The van der Waals surface area contributed by atoms with Crippen LogP contribution in [0.3, 0.4) is 0 Å². The number of hydrogen-bond acceptors (Lipinski definition) is 0. The number of halogens is 3. The first kappa shape index (κ1) is 7.54. The van der Waals surface area contributed by atoms with Crippen molar-refractivity contribution in [2.45, 2.75) is 0 Å². The Morgan fingerprint density at radius 2 is 1.20 bits per heavy atom. The lowest BCUT2D eigenvalue weighted by atomic mass is 12.0. The first-order valence-corrected chi connectivity index (χ1v) is 10.5. The lowest BCUT2D eigenvalue weighted by Crippen LogP contribution is -1.44. The molecule has 0 radical (unpaired) electrons. The summed E-state index contributed by atoms with van der Waals surface area (Å²) in [7, 11) is 0. The fourth-order valence-electron chi connectivity index (χ4n) is 0. The third-order valence-corrected chi connectivity index (χ3v) is 0. The SMILES string of the molecule is CS(I)(I)I. The maximum Gasteiger partial charge on any atom is -0.00518 e. The van der Waals surface area contributed by atoms with Gasteiger partial charge in [0.2, 0.25) is 0 Å². The second-order valence-corrected chi connectivity index (χ2v) is 32.9.